The fourth-order valence-corrected chi connectivity index (χ4v) is 2.03. The van der Waals surface area contributed by atoms with Crippen LogP contribution in [0.4, 0.5) is 87.8 Å². The Kier molecular flexibility index (Phi) is 8.83. The lowest BCUT2D eigenvalue weighted by molar-refractivity contribution is -0.531. The van der Waals surface area contributed by atoms with E-state index in [2.05, 4.69) is 0 Å². The van der Waals surface area contributed by atoms with E-state index in [1.54, 1.807) is 0 Å². The van der Waals surface area contributed by atoms with Crippen LogP contribution in [0, 0.1) is 5.41 Å². The van der Waals surface area contributed by atoms with Crippen LogP contribution in [0.25, 0.3) is 0 Å². The Morgan fingerprint density at radius 2 is 0.394 bits per heavy atom. The van der Waals surface area contributed by atoms with Gasteiger partial charge in [0.1, 0.15) is 0 Å². The lowest BCUT2D eigenvalue weighted by Gasteiger charge is -2.52. The van der Waals surface area contributed by atoms with Gasteiger partial charge in [0.2, 0.25) is 0 Å². The lowest BCUT2D eigenvalue weighted by atomic mass is 9.63. The van der Waals surface area contributed by atoms with Gasteiger partial charge in [0.25, 0.3) is 5.41 Å². The van der Waals surface area contributed by atoms with E-state index in [1.165, 1.54) is 0 Å². The fourth-order valence-electron chi connectivity index (χ4n) is 2.03. The summed E-state index contributed by atoms with van der Waals surface area (Å²) in [5.41, 5.74) is -9.81. The van der Waals surface area contributed by atoms with E-state index in [1.807, 2.05) is 0 Å². The summed E-state index contributed by atoms with van der Waals surface area (Å²) in [6, 6.07) is 0. The zero-order valence-electron chi connectivity index (χ0n) is 14.0. The molecule has 0 saturated heterocycles. The molecule has 0 heterocycles. The smallest absolute Gasteiger partial charge is 0.402 e. The average Bonchev–Trinajstić information content (AvgIpc) is 2.40. The molecule has 0 aliphatic rings. The van der Waals surface area contributed by atoms with Gasteiger partial charge in [-0.15, -0.1) is 0 Å². The maximum absolute atomic E-state index is 13.3. The van der Waals surface area contributed by atoms with Crippen molar-refractivity contribution >= 4 is 7.32 Å². The molecule has 0 bridgehead atoms. The molecule has 0 aromatic rings. The summed E-state index contributed by atoms with van der Waals surface area (Å²) in [6.07, 6.45) is -34.5. The lowest BCUT2D eigenvalue weighted by Crippen LogP contribution is -2.82. The molecule has 33 heavy (non-hydrogen) atoms. The van der Waals surface area contributed by atoms with Gasteiger partial charge in [-0.2, -0.15) is 87.8 Å². The first kappa shape index (κ1) is 33.7. The minimum atomic E-state index is -9.81. The van der Waals surface area contributed by atoms with Crippen molar-refractivity contribution in [2.24, 2.45) is 5.41 Å². The van der Waals surface area contributed by atoms with Crippen molar-refractivity contribution in [1.29, 1.82) is 0 Å². The summed E-state index contributed by atoms with van der Waals surface area (Å²) in [4.78, 5) is 0. The first-order valence-corrected chi connectivity index (χ1v) is 6.55. The molecule has 3 nitrogen and oxygen atoms in total. The number of rotatable bonds is 4. The molecule has 3 N–H and O–H groups in total. The summed E-state index contributed by atoms with van der Waals surface area (Å²) in [6.45, 7) is 0. The number of halogens is 20. The predicted octanol–water partition coefficient (Wildman–Crippen LogP) is 4.71. The third-order valence-electron chi connectivity index (χ3n) is 3.31. The average molecular weight is 550 g/mol. The van der Waals surface area contributed by atoms with Gasteiger partial charge in [0.15, 0.2) is 0 Å². The molecule has 0 unspecified atom stereocenters. The van der Waals surface area contributed by atoms with E-state index < -0.39 is 61.1 Å². The molecule has 0 spiro atoms. The molecule has 0 aliphatic carbocycles. The van der Waals surface area contributed by atoms with E-state index in [0.717, 1.165) is 0 Å². The van der Waals surface area contributed by atoms with Crippen molar-refractivity contribution in [1.82, 2.24) is 0 Å². The Morgan fingerprint density at radius 3 is 0.455 bits per heavy atom. The monoisotopic (exact) mass is 550 g/mol. The summed E-state index contributed by atoms with van der Waals surface area (Å²) >= 11 is 0. The summed E-state index contributed by atoms with van der Waals surface area (Å²) in [7, 11) is -2.17. The van der Waals surface area contributed by atoms with Gasteiger partial charge in [-0.05, 0) is 0 Å². The van der Waals surface area contributed by atoms with Crippen LogP contribution in [0.15, 0.2) is 0 Å². The molecule has 0 aromatic heterocycles. The van der Waals surface area contributed by atoms with Gasteiger partial charge in [0.05, 0.1) is 0 Å². The van der Waals surface area contributed by atoms with E-state index in [-0.39, 0.29) is 0 Å². The molecule has 0 saturated carbocycles. The minimum absolute atomic E-state index is 2.17. The van der Waals surface area contributed by atoms with Crippen LogP contribution >= 0.6 is 0 Å². The van der Waals surface area contributed by atoms with Crippen LogP contribution in [0.3, 0.4) is 0 Å². The van der Waals surface area contributed by atoms with Gasteiger partial charge in [0, 0.05) is 0 Å². The standard InChI is InChI=1S/C9F20.BH3O3/c10-2(11,6(18,19)20)1(3(12,13)7(21,22)23,4(14,15)8(24,25)26)5(16,17)9(27,28)29;2-1(3)4/h;2-4H. The van der Waals surface area contributed by atoms with Crippen molar-refractivity contribution in [3.8, 4) is 0 Å². The number of hydrogen-bond donors (Lipinski definition) is 3. The van der Waals surface area contributed by atoms with E-state index in [4.69, 9.17) is 15.1 Å². The second-order valence-electron chi connectivity index (χ2n) is 5.39. The highest BCUT2D eigenvalue weighted by Crippen LogP contribution is 2.75. The van der Waals surface area contributed by atoms with Crippen LogP contribution in [0.1, 0.15) is 0 Å². The predicted molar refractivity (Wildman–Crippen MR) is 58.9 cm³/mol. The highest BCUT2D eigenvalue weighted by atomic mass is 19.4. The van der Waals surface area contributed by atoms with Crippen molar-refractivity contribution in [2.75, 3.05) is 0 Å². The maximum Gasteiger partial charge on any atom is 0.631 e. The van der Waals surface area contributed by atoms with Crippen LogP contribution in [0.5, 0.6) is 0 Å². The van der Waals surface area contributed by atoms with Crippen LogP contribution in [0.2, 0.25) is 0 Å². The first-order chi connectivity index (χ1) is 13.7. The number of alkyl halides is 20. The zero-order chi connectivity index (χ0) is 28.1. The maximum atomic E-state index is 13.3. The zero-order valence-corrected chi connectivity index (χ0v) is 14.0. The third-order valence-corrected chi connectivity index (χ3v) is 3.31. The Labute approximate surface area is 165 Å². The Balaban J connectivity index is 0. The molecule has 200 valence electrons. The SMILES string of the molecule is FC(F)(F)C(F)(F)C(C(F)(F)C(F)(F)F)(C(F)(F)C(F)(F)F)C(F)(F)C(F)(F)F.OB(O)O. The second-order valence-corrected chi connectivity index (χ2v) is 5.39. The van der Waals surface area contributed by atoms with E-state index >= 15 is 0 Å². The van der Waals surface area contributed by atoms with Crippen LogP contribution in [-0.4, -0.2) is 70.8 Å². The Bertz CT molecular complexity index is 541. The summed E-state index contributed by atoms with van der Waals surface area (Å²) < 4.78 is 253. The van der Waals surface area contributed by atoms with Gasteiger partial charge in [-0.1, -0.05) is 0 Å². The van der Waals surface area contributed by atoms with Crippen LogP contribution in [-0.2, 0) is 0 Å². The third kappa shape index (κ3) is 5.00. The van der Waals surface area contributed by atoms with E-state index in [9.17, 15) is 87.8 Å². The Morgan fingerprint density at radius 1 is 0.303 bits per heavy atom. The molecular weight excluding hydrogens is 547 g/mol. The first-order valence-electron chi connectivity index (χ1n) is 6.55. The molecule has 0 atom stereocenters. The normalized spacial score (nSPS) is 15.7. The molecule has 0 rings (SSSR count). The van der Waals surface area contributed by atoms with Crippen molar-refractivity contribution in [3.05, 3.63) is 0 Å². The Hall–Kier alpha value is -1.46. The van der Waals surface area contributed by atoms with Crippen molar-refractivity contribution in [2.45, 2.75) is 48.4 Å². The highest BCUT2D eigenvalue weighted by molar-refractivity contribution is 6.30. The molecule has 0 aromatic carbocycles. The van der Waals surface area contributed by atoms with E-state index in [0.29, 0.717) is 0 Å². The van der Waals surface area contributed by atoms with Gasteiger partial charge in [-0.3, -0.25) is 0 Å². The summed E-state index contributed by atoms with van der Waals surface area (Å²) in [5.74, 6) is -37.3. The molecule has 24 heteroatoms. The minimum Gasteiger partial charge on any atom is -0.402 e. The van der Waals surface area contributed by atoms with Gasteiger partial charge < -0.3 is 15.1 Å². The molecular formula is C9H3BF20O3. The highest BCUT2D eigenvalue weighted by Gasteiger charge is 3.05. The second kappa shape index (κ2) is 8.64. The molecule has 0 amide bonds. The summed E-state index contributed by atoms with van der Waals surface area (Å²) in [5, 5.41) is 21.5. The van der Waals surface area contributed by atoms with Gasteiger partial charge in [-0.25, -0.2) is 0 Å². The van der Waals surface area contributed by atoms with Gasteiger partial charge >= 0.3 is 55.7 Å². The topological polar surface area (TPSA) is 60.7 Å². The van der Waals surface area contributed by atoms with Crippen molar-refractivity contribution < 1.29 is 103 Å². The largest absolute Gasteiger partial charge is 0.631 e. The number of hydrogen-bond acceptors (Lipinski definition) is 3. The fraction of sp³-hybridized carbons (Fsp3) is 1.00. The van der Waals surface area contributed by atoms with Crippen LogP contribution < -0.4 is 0 Å². The molecule has 0 fully saturated rings. The van der Waals surface area contributed by atoms with Crippen molar-refractivity contribution in [3.63, 3.8) is 0 Å². The molecule has 0 radical (unpaired) electrons. The quantitative estimate of drug-likeness (QED) is 0.352. The molecule has 0 aliphatic heterocycles.